The Morgan fingerprint density at radius 2 is 2.00 bits per heavy atom. The summed E-state index contributed by atoms with van der Waals surface area (Å²) >= 11 is 0. The highest BCUT2D eigenvalue weighted by atomic mass is 32.2. The molecular formula is C12H16N4O3S. The van der Waals surface area contributed by atoms with Crippen molar-refractivity contribution in [2.45, 2.75) is 31.3 Å². The number of benzene rings is 1. The normalized spacial score (nSPS) is 13.3. The molecule has 0 aliphatic rings. The Morgan fingerprint density at radius 1 is 1.35 bits per heavy atom. The number of hydrogen-bond acceptors (Lipinski definition) is 6. The minimum Gasteiger partial charge on any atom is -0.340 e. The van der Waals surface area contributed by atoms with Crippen molar-refractivity contribution in [3.05, 3.63) is 41.5 Å². The van der Waals surface area contributed by atoms with Gasteiger partial charge in [-0.25, -0.2) is 13.1 Å². The molecule has 0 spiro atoms. The predicted molar refractivity (Wildman–Crippen MR) is 72.1 cm³/mol. The molecule has 0 radical (unpaired) electrons. The van der Waals surface area contributed by atoms with Gasteiger partial charge in [0.2, 0.25) is 15.9 Å². The molecule has 0 bridgehead atoms. The van der Waals surface area contributed by atoms with Gasteiger partial charge in [-0.3, -0.25) is 0 Å². The van der Waals surface area contributed by atoms with Gasteiger partial charge in [-0.15, -0.1) is 0 Å². The molecule has 1 aromatic heterocycles. The molecule has 108 valence electrons. The summed E-state index contributed by atoms with van der Waals surface area (Å²) in [4.78, 5) is 4.09. The van der Waals surface area contributed by atoms with Gasteiger partial charge in [0.15, 0.2) is 5.82 Å². The number of aryl methyl sites for hydroxylation is 1. The van der Waals surface area contributed by atoms with Gasteiger partial charge in [0.1, 0.15) is 0 Å². The molecular weight excluding hydrogens is 280 g/mol. The van der Waals surface area contributed by atoms with Gasteiger partial charge in [-0.1, -0.05) is 17.3 Å². The van der Waals surface area contributed by atoms with Crippen molar-refractivity contribution in [3.63, 3.8) is 0 Å². The van der Waals surface area contributed by atoms with Crippen LogP contribution in [-0.4, -0.2) is 18.6 Å². The zero-order valence-electron chi connectivity index (χ0n) is 11.2. The molecule has 0 saturated carbocycles. The van der Waals surface area contributed by atoms with Crippen LogP contribution in [0, 0.1) is 6.92 Å². The number of aromatic nitrogens is 2. The van der Waals surface area contributed by atoms with Crippen LogP contribution in [0.25, 0.3) is 0 Å². The Kier molecular flexibility index (Phi) is 4.17. The molecule has 0 aliphatic heterocycles. The molecule has 1 heterocycles. The summed E-state index contributed by atoms with van der Waals surface area (Å²) in [5.74, 6) is 0.679. The van der Waals surface area contributed by atoms with Crippen molar-refractivity contribution in [2.24, 2.45) is 5.73 Å². The number of nitrogens with two attached hydrogens (primary N) is 1. The van der Waals surface area contributed by atoms with E-state index < -0.39 is 10.0 Å². The van der Waals surface area contributed by atoms with Crippen molar-refractivity contribution in [1.82, 2.24) is 14.9 Å². The Hall–Kier alpha value is -1.77. The fourth-order valence-corrected chi connectivity index (χ4v) is 2.59. The largest absolute Gasteiger partial charge is 0.340 e. The summed E-state index contributed by atoms with van der Waals surface area (Å²) in [7, 11) is -3.60. The Balaban J connectivity index is 2.09. The van der Waals surface area contributed by atoms with Gasteiger partial charge in [0, 0.05) is 13.0 Å². The topological polar surface area (TPSA) is 111 Å². The van der Waals surface area contributed by atoms with Crippen molar-refractivity contribution in [2.75, 3.05) is 0 Å². The van der Waals surface area contributed by atoms with E-state index >= 15 is 0 Å². The Morgan fingerprint density at radius 3 is 2.50 bits per heavy atom. The zero-order valence-corrected chi connectivity index (χ0v) is 12.0. The van der Waals surface area contributed by atoms with Crippen molar-refractivity contribution in [3.8, 4) is 0 Å². The molecule has 8 heteroatoms. The number of sulfonamides is 1. The molecule has 7 nitrogen and oxygen atoms in total. The zero-order chi connectivity index (χ0) is 14.8. The first-order valence-electron chi connectivity index (χ1n) is 6.03. The van der Waals surface area contributed by atoms with Crippen LogP contribution in [0.1, 0.15) is 30.2 Å². The molecule has 20 heavy (non-hydrogen) atoms. The fraction of sp³-hybridized carbons (Fsp3) is 0.333. The molecule has 2 aromatic rings. The first-order valence-corrected chi connectivity index (χ1v) is 7.51. The van der Waals surface area contributed by atoms with Crippen LogP contribution in [0.2, 0.25) is 0 Å². The highest BCUT2D eigenvalue weighted by Crippen LogP contribution is 2.14. The monoisotopic (exact) mass is 296 g/mol. The van der Waals surface area contributed by atoms with Crippen LogP contribution in [0.15, 0.2) is 33.7 Å². The number of nitrogens with one attached hydrogen (secondary N) is 1. The van der Waals surface area contributed by atoms with Gasteiger partial charge in [0.25, 0.3) is 0 Å². The van der Waals surface area contributed by atoms with Crippen LogP contribution >= 0.6 is 0 Å². The smallest absolute Gasteiger partial charge is 0.240 e. The van der Waals surface area contributed by atoms with Gasteiger partial charge < -0.3 is 10.3 Å². The maximum atomic E-state index is 12.1. The number of hydrogen-bond donors (Lipinski definition) is 2. The van der Waals surface area contributed by atoms with E-state index in [0.29, 0.717) is 11.7 Å². The lowest BCUT2D eigenvalue weighted by atomic mass is 10.1. The maximum absolute atomic E-state index is 12.1. The van der Waals surface area contributed by atoms with Gasteiger partial charge in [0.05, 0.1) is 11.4 Å². The Labute approximate surface area is 117 Å². The average molecular weight is 296 g/mol. The van der Waals surface area contributed by atoms with Crippen LogP contribution in [0.5, 0.6) is 0 Å². The standard InChI is InChI=1S/C12H16N4O3S/c1-8(13)10-3-5-11(6-4-10)20(17,18)14-7-12-15-9(2)19-16-12/h3-6,8,14H,7,13H2,1-2H3. The summed E-state index contributed by atoms with van der Waals surface area (Å²) in [6, 6.07) is 6.28. The van der Waals surface area contributed by atoms with E-state index in [1.165, 1.54) is 12.1 Å². The second-order valence-electron chi connectivity index (χ2n) is 4.41. The lowest BCUT2D eigenvalue weighted by molar-refractivity contribution is 0.387. The number of rotatable bonds is 5. The first-order chi connectivity index (χ1) is 9.38. The molecule has 1 aromatic carbocycles. The van der Waals surface area contributed by atoms with E-state index in [2.05, 4.69) is 14.9 Å². The van der Waals surface area contributed by atoms with E-state index in [1.54, 1.807) is 19.1 Å². The van der Waals surface area contributed by atoms with Crippen LogP contribution < -0.4 is 10.5 Å². The number of nitrogens with zero attached hydrogens (tertiary/aromatic N) is 2. The minimum atomic E-state index is -3.60. The summed E-state index contributed by atoms with van der Waals surface area (Å²) in [5.41, 5.74) is 6.59. The van der Waals surface area contributed by atoms with Gasteiger partial charge >= 0.3 is 0 Å². The van der Waals surface area contributed by atoms with Crippen LogP contribution in [0.4, 0.5) is 0 Å². The van der Waals surface area contributed by atoms with E-state index in [1.807, 2.05) is 6.92 Å². The summed E-state index contributed by atoms with van der Waals surface area (Å²) in [6.07, 6.45) is 0. The third-order valence-corrected chi connectivity index (χ3v) is 4.12. The first kappa shape index (κ1) is 14.6. The van der Waals surface area contributed by atoms with Crippen molar-refractivity contribution in [1.29, 1.82) is 0 Å². The summed E-state index contributed by atoms with van der Waals surface area (Å²) in [5, 5.41) is 3.62. The Bertz CT molecular complexity index is 677. The van der Waals surface area contributed by atoms with Crippen LogP contribution in [0.3, 0.4) is 0 Å². The van der Waals surface area contributed by atoms with Crippen LogP contribution in [-0.2, 0) is 16.6 Å². The second-order valence-corrected chi connectivity index (χ2v) is 6.18. The summed E-state index contributed by atoms with van der Waals surface area (Å²) < 4.78 is 31.3. The minimum absolute atomic E-state index is 0.0191. The average Bonchev–Trinajstić information content (AvgIpc) is 2.82. The van der Waals surface area contributed by atoms with Gasteiger partial charge in [-0.2, -0.15) is 4.98 Å². The van der Waals surface area contributed by atoms with Crippen molar-refractivity contribution < 1.29 is 12.9 Å². The lowest BCUT2D eigenvalue weighted by Gasteiger charge is -2.08. The van der Waals surface area contributed by atoms with E-state index in [-0.39, 0.29) is 17.5 Å². The molecule has 0 amide bonds. The highest BCUT2D eigenvalue weighted by molar-refractivity contribution is 7.89. The maximum Gasteiger partial charge on any atom is 0.240 e. The SMILES string of the molecule is Cc1nc(CNS(=O)(=O)c2ccc(C(C)N)cc2)no1. The molecule has 1 unspecified atom stereocenters. The molecule has 0 saturated heterocycles. The van der Waals surface area contributed by atoms with E-state index in [9.17, 15) is 8.42 Å². The highest BCUT2D eigenvalue weighted by Gasteiger charge is 2.15. The fourth-order valence-electron chi connectivity index (χ4n) is 1.61. The molecule has 0 fully saturated rings. The lowest BCUT2D eigenvalue weighted by Crippen LogP contribution is -2.23. The van der Waals surface area contributed by atoms with E-state index in [4.69, 9.17) is 10.3 Å². The quantitative estimate of drug-likeness (QED) is 0.847. The third kappa shape index (κ3) is 3.41. The molecule has 0 aliphatic carbocycles. The molecule has 3 N–H and O–H groups in total. The predicted octanol–water partition coefficient (Wildman–Crippen LogP) is 0.876. The second kappa shape index (κ2) is 5.70. The molecule has 2 rings (SSSR count). The third-order valence-electron chi connectivity index (χ3n) is 2.71. The van der Waals surface area contributed by atoms with Crippen molar-refractivity contribution >= 4 is 10.0 Å². The van der Waals surface area contributed by atoms with E-state index in [0.717, 1.165) is 5.56 Å². The summed E-state index contributed by atoms with van der Waals surface area (Å²) in [6.45, 7) is 3.45. The van der Waals surface area contributed by atoms with Gasteiger partial charge in [-0.05, 0) is 24.6 Å². The molecule has 1 atom stereocenters.